The Kier molecular flexibility index (Phi) is 4.33. The van der Waals surface area contributed by atoms with E-state index >= 15 is 0 Å². The van der Waals surface area contributed by atoms with Crippen molar-refractivity contribution >= 4 is 17.7 Å². The first-order chi connectivity index (χ1) is 11.6. The van der Waals surface area contributed by atoms with Crippen LogP contribution in [-0.2, 0) is 11.3 Å². The van der Waals surface area contributed by atoms with E-state index in [-0.39, 0.29) is 36.5 Å². The summed E-state index contributed by atoms with van der Waals surface area (Å²) in [6, 6.07) is 9.26. The topological polar surface area (TPSA) is 79.4 Å². The highest BCUT2D eigenvalue weighted by molar-refractivity contribution is 6.21. The van der Waals surface area contributed by atoms with E-state index in [1.807, 2.05) is 6.07 Å². The molecule has 1 N–H and O–H groups in total. The van der Waals surface area contributed by atoms with Gasteiger partial charge in [-0.05, 0) is 24.3 Å². The van der Waals surface area contributed by atoms with Crippen molar-refractivity contribution in [2.75, 3.05) is 6.54 Å². The molecule has 122 valence electrons. The molecule has 0 bridgehead atoms. The molecule has 0 spiro atoms. The van der Waals surface area contributed by atoms with Crippen molar-refractivity contribution in [1.82, 2.24) is 15.2 Å². The molecule has 0 saturated heterocycles. The molecule has 6 nitrogen and oxygen atoms in total. The molecular weight excluding hydrogens is 313 g/mol. The van der Waals surface area contributed by atoms with Gasteiger partial charge in [-0.15, -0.1) is 0 Å². The number of hydrogen-bond donors (Lipinski definition) is 1. The normalized spacial score (nSPS) is 13.1. The highest BCUT2D eigenvalue weighted by Gasteiger charge is 2.37. The van der Waals surface area contributed by atoms with Crippen LogP contribution in [0.5, 0.6) is 0 Å². The number of pyridine rings is 1. The molecule has 7 heteroatoms. The molecule has 2 aromatic rings. The number of hydrogen-bond acceptors (Lipinski definition) is 4. The maximum atomic E-state index is 13.7. The first kappa shape index (κ1) is 15.8. The monoisotopic (exact) mass is 327 g/mol. The number of rotatable bonds is 5. The predicted octanol–water partition coefficient (Wildman–Crippen LogP) is 1.52. The van der Waals surface area contributed by atoms with Crippen molar-refractivity contribution in [1.29, 1.82) is 0 Å². The summed E-state index contributed by atoms with van der Waals surface area (Å²) in [6.45, 7) is 0.163. The molecule has 0 saturated carbocycles. The van der Waals surface area contributed by atoms with Crippen molar-refractivity contribution in [3.05, 3.63) is 65.2 Å². The third-order valence-electron chi connectivity index (χ3n) is 3.70. The Morgan fingerprint density at radius 2 is 1.96 bits per heavy atom. The summed E-state index contributed by atoms with van der Waals surface area (Å²) < 4.78 is 13.7. The zero-order chi connectivity index (χ0) is 17.1. The summed E-state index contributed by atoms with van der Waals surface area (Å²) in [5, 5.41) is 2.66. The number of amides is 3. The Morgan fingerprint density at radius 3 is 2.67 bits per heavy atom. The van der Waals surface area contributed by atoms with Gasteiger partial charge in [0.2, 0.25) is 5.91 Å². The lowest BCUT2D eigenvalue weighted by atomic mass is 10.1. The molecule has 0 fully saturated rings. The van der Waals surface area contributed by atoms with Gasteiger partial charge >= 0.3 is 0 Å². The standard InChI is InChI=1S/C17H14FN3O3/c18-13-6-3-5-12-15(13)17(24)21(16(12)23)9-7-14(22)20-10-11-4-1-2-8-19-11/h1-6,8H,7,9-10H2,(H,20,22). The fourth-order valence-corrected chi connectivity index (χ4v) is 2.49. The van der Waals surface area contributed by atoms with E-state index in [1.54, 1.807) is 18.3 Å². The van der Waals surface area contributed by atoms with Crippen LogP contribution in [0, 0.1) is 5.82 Å². The quantitative estimate of drug-likeness (QED) is 0.845. The van der Waals surface area contributed by atoms with E-state index in [1.165, 1.54) is 12.1 Å². The molecule has 3 rings (SSSR count). The minimum Gasteiger partial charge on any atom is -0.350 e. The number of aromatic nitrogens is 1. The van der Waals surface area contributed by atoms with Crippen LogP contribution in [0.3, 0.4) is 0 Å². The second-order valence-corrected chi connectivity index (χ2v) is 5.27. The van der Waals surface area contributed by atoms with Crippen molar-refractivity contribution in [2.45, 2.75) is 13.0 Å². The maximum Gasteiger partial charge on any atom is 0.264 e. The summed E-state index contributed by atoms with van der Waals surface area (Å²) in [7, 11) is 0. The number of carbonyl (C=O) groups excluding carboxylic acids is 3. The van der Waals surface area contributed by atoms with Gasteiger partial charge in [-0.1, -0.05) is 12.1 Å². The largest absolute Gasteiger partial charge is 0.350 e. The summed E-state index contributed by atoms with van der Waals surface area (Å²) in [4.78, 5) is 41.1. The third kappa shape index (κ3) is 3.01. The van der Waals surface area contributed by atoms with E-state index in [2.05, 4.69) is 10.3 Å². The van der Waals surface area contributed by atoms with Crippen LogP contribution in [0.25, 0.3) is 0 Å². The van der Waals surface area contributed by atoms with E-state index in [9.17, 15) is 18.8 Å². The van der Waals surface area contributed by atoms with E-state index in [4.69, 9.17) is 0 Å². The summed E-state index contributed by atoms with van der Waals surface area (Å²) in [5.41, 5.74) is 0.513. The van der Waals surface area contributed by atoms with Crippen LogP contribution in [0.4, 0.5) is 4.39 Å². The van der Waals surface area contributed by atoms with Crippen LogP contribution in [0.2, 0.25) is 0 Å². The van der Waals surface area contributed by atoms with Crippen molar-refractivity contribution in [3.63, 3.8) is 0 Å². The lowest BCUT2D eigenvalue weighted by molar-refractivity contribution is -0.121. The first-order valence-corrected chi connectivity index (χ1v) is 7.39. The highest BCUT2D eigenvalue weighted by atomic mass is 19.1. The van der Waals surface area contributed by atoms with Gasteiger partial charge in [0.05, 0.1) is 23.4 Å². The van der Waals surface area contributed by atoms with Crippen molar-refractivity contribution in [3.8, 4) is 0 Å². The molecular formula is C17H14FN3O3. The van der Waals surface area contributed by atoms with Crippen LogP contribution < -0.4 is 5.32 Å². The van der Waals surface area contributed by atoms with Crippen LogP contribution in [0.15, 0.2) is 42.6 Å². The first-order valence-electron chi connectivity index (χ1n) is 7.39. The zero-order valence-electron chi connectivity index (χ0n) is 12.7. The average molecular weight is 327 g/mol. The van der Waals surface area contributed by atoms with Crippen LogP contribution >= 0.6 is 0 Å². The predicted molar refractivity (Wildman–Crippen MR) is 82.5 cm³/mol. The fourth-order valence-electron chi connectivity index (χ4n) is 2.49. The van der Waals surface area contributed by atoms with E-state index < -0.39 is 17.6 Å². The molecule has 0 radical (unpaired) electrons. The number of imide groups is 1. The van der Waals surface area contributed by atoms with E-state index in [0.29, 0.717) is 5.69 Å². The number of halogens is 1. The van der Waals surface area contributed by atoms with Gasteiger partial charge in [-0.25, -0.2) is 4.39 Å². The van der Waals surface area contributed by atoms with Gasteiger partial charge in [0, 0.05) is 19.2 Å². The molecule has 0 aliphatic carbocycles. The Labute approximate surface area is 137 Å². The van der Waals surface area contributed by atoms with Crippen LogP contribution in [0.1, 0.15) is 32.8 Å². The Balaban J connectivity index is 1.58. The molecule has 0 atom stereocenters. The molecule has 1 aliphatic rings. The number of nitrogens with one attached hydrogen (secondary N) is 1. The van der Waals surface area contributed by atoms with Gasteiger partial charge in [-0.3, -0.25) is 24.3 Å². The summed E-state index contributed by atoms with van der Waals surface area (Å²) in [5.74, 6) is -2.33. The second-order valence-electron chi connectivity index (χ2n) is 5.27. The third-order valence-corrected chi connectivity index (χ3v) is 3.70. The lowest BCUT2D eigenvalue weighted by Gasteiger charge is -2.13. The molecule has 2 heterocycles. The molecule has 1 aromatic carbocycles. The molecule has 0 unspecified atom stereocenters. The van der Waals surface area contributed by atoms with Crippen molar-refractivity contribution in [2.24, 2.45) is 0 Å². The molecule has 3 amide bonds. The minimum absolute atomic E-state index is 0.0360. The van der Waals surface area contributed by atoms with Gasteiger partial charge in [0.25, 0.3) is 11.8 Å². The number of fused-ring (bicyclic) bond motifs is 1. The highest BCUT2D eigenvalue weighted by Crippen LogP contribution is 2.25. The maximum absolute atomic E-state index is 13.7. The van der Waals surface area contributed by atoms with Gasteiger partial charge < -0.3 is 5.32 Å². The summed E-state index contributed by atoms with van der Waals surface area (Å²) >= 11 is 0. The Hall–Kier alpha value is -3.09. The number of benzene rings is 1. The van der Waals surface area contributed by atoms with Crippen molar-refractivity contribution < 1.29 is 18.8 Å². The SMILES string of the molecule is O=C(CCN1C(=O)c2cccc(F)c2C1=O)NCc1ccccn1. The second kappa shape index (κ2) is 6.57. The van der Waals surface area contributed by atoms with E-state index in [0.717, 1.165) is 11.0 Å². The number of nitrogens with zero attached hydrogens (tertiary/aromatic N) is 2. The Morgan fingerprint density at radius 1 is 1.12 bits per heavy atom. The van der Waals surface area contributed by atoms with Gasteiger partial charge in [0.1, 0.15) is 5.82 Å². The Bertz CT molecular complexity index is 808. The van der Waals surface area contributed by atoms with Crippen LogP contribution in [-0.4, -0.2) is 34.2 Å². The number of carbonyl (C=O) groups is 3. The molecule has 1 aliphatic heterocycles. The zero-order valence-corrected chi connectivity index (χ0v) is 12.7. The molecule has 1 aromatic heterocycles. The van der Waals surface area contributed by atoms with Gasteiger partial charge in [0.15, 0.2) is 0 Å². The van der Waals surface area contributed by atoms with Gasteiger partial charge in [-0.2, -0.15) is 0 Å². The lowest BCUT2D eigenvalue weighted by Crippen LogP contribution is -2.34. The molecule has 24 heavy (non-hydrogen) atoms. The smallest absolute Gasteiger partial charge is 0.264 e. The average Bonchev–Trinajstić information content (AvgIpc) is 2.84. The fraction of sp³-hybridized carbons (Fsp3) is 0.176. The summed E-state index contributed by atoms with van der Waals surface area (Å²) in [6.07, 6.45) is 1.56. The minimum atomic E-state index is -0.729.